The Morgan fingerprint density at radius 2 is 2.24 bits per heavy atom. The van der Waals surface area contributed by atoms with Crippen molar-refractivity contribution in [2.45, 2.75) is 26.2 Å². The molecule has 92 valence electrons. The average molecular weight is 296 g/mol. The van der Waals surface area contributed by atoms with Crippen LogP contribution in [0.3, 0.4) is 0 Å². The first-order valence-corrected chi connectivity index (χ1v) is 7.35. The Labute approximate surface area is 111 Å². The van der Waals surface area contributed by atoms with Gasteiger partial charge in [-0.2, -0.15) is 0 Å². The highest BCUT2D eigenvalue weighted by Crippen LogP contribution is 2.21. The minimum Gasteiger partial charge on any atom is -0.338 e. The lowest BCUT2D eigenvalue weighted by molar-refractivity contribution is 0.0740. The number of fused-ring (bicyclic) bond motifs is 1. The molecule has 0 N–H and O–H groups in total. The van der Waals surface area contributed by atoms with Crippen molar-refractivity contribution in [1.82, 2.24) is 4.90 Å². The Kier molecular flexibility index (Phi) is 4.21. The zero-order valence-corrected chi connectivity index (χ0v) is 11.8. The zero-order chi connectivity index (χ0) is 12.3. The summed E-state index contributed by atoms with van der Waals surface area (Å²) in [6.07, 6.45) is 3.00. The van der Waals surface area contributed by atoms with Gasteiger partial charge in [-0.05, 0) is 36.5 Å². The predicted octanol–water partition coefficient (Wildman–Crippen LogP) is 3.03. The Morgan fingerprint density at radius 3 is 2.94 bits per heavy atom. The highest BCUT2D eigenvalue weighted by molar-refractivity contribution is 9.09. The largest absolute Gasteiger partial charge is 0.338 e. The van der Waals surface area contributed by atoms with E-state index in [2.05, 4.69) is 41.1 Å². The van der Waals surface area contributed by atoms with E-state index in [1.54, 1.807) is 0 Å². The molecule has 1 aromatic carbocycles. The van der Waals surface area contributed by atoms with E-state index >= 15 is 0 Å². The molecule has 1 aliphatic rings. The van der Waals surface area contributed by atoms with Crippen LogP contribution in [-0.2, 0) is 12.8 Å². The lowest BCUT2D eigenvalue weighted by Gasteiger charge is -2.28. The number of aryl methyl sites for hydroxylation is 1. The summed E-state index contributed by atoms with van der Waals surface area (Å²) in [5, 5.41) is 0.957. The first-order chi connectivity index (χ1) is 8.26. The van der Waals surface area contributed by atoms with Gasteiger partial charge < -0.3 is 4.90 Å². The van der Waals surface area contributed by atoms with Crippen LogP contribution in [0.4, 0.5) is 0 Å². The van der Waals surface area contributed by atoms with Gasteiger partial charge in [-0.3, -0.25) is 4.79 Å². The molecule has 17 heavy (non-hydrogen) atoms. The van der Waals surface area contributed by atoms with Gasteiger partial charge in [0.15, 0.2) is 0 Å². The summed E-state index contributed by atoms with van der Waals surface area (Å²) >= 11 is 3.41. The highest BCUT2D eigenvalue weighted by atomic mass is 79.9. The van der Waals surface area contributed by atoms with Crippen molar-refractivity contribution in [1.29, 1.82) is 0 Å². The number of halogens is 1. The Morgan fingerprint density at radius 1 is 1.41 bits per heavy atom. The highest BCUT2D eigenvalue weighted by Gasteiger charge is 2.23. The summed E-state index contributed by atoms with van der Waals surface area (Å²) in [4.78, 5) is 14.3. The zero-order valence-electron chi connectivity index (χ0n) is 10.2. The van der Waals surface area contributed by atoms with E-state index in [1.165, 1.54) is 11.1 Å². The quantitative estimate of drug-likeness (QED) is 0.782. The minimum absolute atomic E-state index is 0.211. The molecule has 2 rings (SSSR count). The monoisotopic (exact) mass is 295 g/mol. The van der Waals surface area contributed by atoms with Gasteiger partial charge in [0.05, 0.1) is 0 Å². The van der Waals surface area contributed by atoms with E-state index in [9.17, 15) is 4.79 Å². The number of nitrogens with zero attached hydrogens (tertiary/aromatic N) is 1. The molecule has 1 heterocycles. The summed E-state index contributed by atoms with van der Waals surface area (Å²) in [5.41, 5.74) is 3.38. The van der Waals surface area contributed by atoms with Crippen molar-refractivity contribution in [3.63, 3.8) is 0 Å². The summed E-state index contributed by atoms with van der Waals surface area (Å²) in [5.74, 6) is 0.211. The Balaban J connectivity index is 2.21. The second kappa shape index (κ2) is 5.67. The molecule has 0 bridgehead atoms. The molecular formula is C14H18BrNO. The van der Waals surface area contributed by atoms with E-state index in [1.807, 2.05) is 4.90 Å². The molecule has 0 fully saturated rings. The third-order valence-corrected chi connectivity index (χ3v) is 3.87. The predicted molar refractivity (Wildman–Crippen MR) is 73.8 cm³/mol. The van der Waals surface area contributed by atoms with Crippen LogP contribution in [0.1, 0.15) is 34.8 Å². The molecule has 1 aliphatic heterocycles. The van der Waals surface area contributed by atoms with Crippen LogP contribution in [0.5, 0.6) is 0 Å². The Hall–Kier alpha value is -0.830. The number of carbonyl (C=O) groups excluding carboxylic acids is 1. The molecule has 1 aromatic rings. The summed E-state index contributed by atoms with van der Waals surface area (Å²) in [7, 11) is 0. The van der Waals surface area contributed by atoms with Crippen LogP contribution in [0.25, 0.3) is 0 Å². The topological polar surface area (TPSA) is 20.3 Å². The first kappa shape index (κ1) is 12.6. The van der Waals surface area contributed by atoms with Crippen molar-refractivity contribution in [3.05, 3.63) is 34.9 Å². The van der Waals surface area contributed by atoms with Crippen molar-refractivity contribution in [2.24, 2.45) is 0 Å². The lowest BCUT2D eigenvalue weighted by Crippen LogP contribution is -2.38. The van der Waals surface area contributed by atoms with Crippen molar-refractivity contribution in [3.8, 4) is 0 Å². The second-order valence-electron chi connectivity index (χ2n) is 4.43. The normalized spacial score (nSPS) is 14.9. The molecule has 0 saturated heterocycles. The molecule has 0 radical (unpaired) electrons. The van der Waals surface area contributed by atoms with E-state index < -0.39 is 0 Å². The number of alkyl halides is 1. The van der Waals surface area contributed by atoms with Crippen LogP contribution >= 0.6 is 15.9 Å². The molecule has 0 unspecified atom stereocenters. The van der Waals surface area contributed by atoms with Gasteiger partial charge in [-0.15, -0.1) is 0 Å². The van der Waals surface area contributed by atoms with E-state index in [0.717, 1.165) is 43.2 Å². The van der Waals surface area contributed by atoms with Crippen LogP contribution in [0, 0.1) is 0 Å². The van der Waals surface area contributed by atoms with E-state index in [4.69, 9.17) is 0 Å². The van der Waals surface area contributed by atoms with E-state index in [0.29, 0.717) is 0 Å². The molecule has 0 spiro atoms. The number of hydrogen-bond acceptors (Lipinski definition) is 1. The maximum atomic E-state index is 12.3. The molecule has 2 nitrogen and oxygen atoms in total. The first-order valence-electron chi connectivity index (χ1n) is 6.23. The minimum atomic E-state index is 0.211. The average Bonchev–Trinajstić information content (AvgIpc) is 2.38. The number of amides is 1. The summed E-state index contributed by atoms with van der Waals surface area (Å²) in [6.45, 7) is 3.85. The van der Waals surface area contributed by atoms with Crippen LogP contribution in [0.2, 0.25) is 0 Å². The fourth-order valence-corrected chi connectivity index (χ4v) is 2.50. The lowest BCUT2D eigenvalue weighted by atomic mass is 9.96. The summed E-state index contributed by atoms with van der Waals surface area (Å²) < 4.78 is 0. The fourth-order valence-electron chi connectivity index (χ4n) is 2.25. The van der Waals surface area contributed by atoms with Crippen molar-refractivity contribution >= 4 is 21.8 Å². The second-order valence-corrected chi connectivity index (χ2v) is 5.22. The fraction of sp³-hybridized carbons (Fsp3) is 0.500. The molecule has 0 aliphatic carbocycles. The number of benzene rings is 1. The van der Waals surface area contributed by atoms with Gasteiger partial charge in [-0.25, -0.2) is 0 Å². The smallest absolute Gasteiger partial charge is 0.254 e. The number of carbonyl (C=O) groups is 1. The van der Waals surface area contributed by atoms with Crippen molar-refractivity contribution in [2.75, 3.05) is 18.4 Å². The molecular weight excluding hydrogens is 278 g/mol. The third-order valence-electron chi connectivity index (χ3n) is 3.31. The maximum absolute atomic E-state index is 12.3. The molecule has 0 atom stereocenters. The van der Waals surface area contributed by atoms with Gasteiger partial charge in [0.2, 0.25) is 0 Å². The summed E-state index contributed by atoms with van der Waals surface area (Å²) in [6, 6.07) is 6.33. The van der Waals surface area contributed by atoms with Gasteiger partial charge in [0, 0.05) is 24.0 Å². The SMILES string of the molecule is CCc1ccc2c(c1)C(=O)N(CCCBr)CC2. The molecule has 3 heteroatoms. The van der Waals surface area contributed by atoms with Crippen LogP contribution in [0.15, 0.2) is 18.2 Å². The van der Waals surface area contributed by atoms with Gasteiger partial charge in [0.25, 0.3) is 5.91 Å². The van der Waals surface area contributed by atoms with Gasteiger partial charge in [-0.1, -0.05) is 35.0 Å². The standard InChI is InChI=1S/C14H18BrNO/c1-2-11-4-5-12-6-9-16(8-3-7-15)14(17)13(12)10-11/h4-5,10H,2-3,6-9H2,1H3. The molecule has 0 aromatic heterocycles. The van der Waals surface area contributed by atoms with Gasteiger partial charge in [0.1, 0.15) is 0 Å². The van der Waals surface area contributed by atoms with Crippen molar-refractivity contribution < 1.29 is 4.79 Å². The maximum Gasteiger partial charge on any atom is 0.254 e. The molecule has 0 saturated carbocycles. The van der Waals surface area contributed by atoms with E-state index in [-0.39, 0.29) is 5.91 Å². The number of hydrogen-bond donors (Lipinski definition) is 0. The Bertz CT molecular complexity index is 417. The van der Waals surface area contributed by atoms with Gasteiger partial charge >= 0.3 is 0 Å². The van der Waals surface area contributed by atoms with Crippen LogP contribution in [-0.4, -0.2) is 29.2 Å². The third kappa shape index (κ3) is 2.71. The molecule has 1 amide bonds. The van der Waals surface area contributed by atoms with Crippen LogP contribution < -0.4 is 0 Å². The number of rotatable bonds is 4.